The molecule has 0 spiro atoms. The molecule has 2 saturated heterocycles. The first-order valence-electron chi connectivity index (χ1n) is 8.70. The Morgan fingerprint density at radius 1 is 1.11 bits per heavy atom. The summed E-state index contributed by atoms with van der Waals surface area (Å²) in [5.41, 5.74) is 0. The molecule has 0 saturated carbocycles. The van der Waals surface area contributed by atoms with E-state index in [-0.39, 0.29) is 25.2 Å². The molecule has 8 atom stereocenters. The number of allylic oxidation sites excluding steroid dienone is 1. The summed E-state index contributed by atoms with van der Waals surface area (Å²) in [6, 6.07) is 0. The molecule has 0 aliphatic carbocycles. The average molecular weight is 512 g/mol. The maximum atomic E-state index is 12.1. The molecule has 0 aromatic heterocycles. The number of aliphatic hydroxyl groups excluding tert-OH is 5. The SMILES string of the molecule is O=C1CC(=O)N([C@H]2C[C@@H](O)[C@@H](CO[C@@H]3O[C@H](CO)[C@@H](O)[C@H](O)[C@H]3O)O2)C=C1[124I]. The Morgan fingerprint density at radius 3 is 2.50 bits per heavy atom. The Labute approximate surface area is 173 Å². The predicted octanol–water partition coefficient (Wildman–Crippen LogP) is -2.64. The van der Waals surface area contributed by atoms with E-state index in [1.165, 1.54) is 11.1 Å². The lowest BCUT2D eigenvalue weighted by Gasteiger charge is -2.39. The number of aliphatic hydroxyl groups is 5. The zero-order valence-corrected chi connectivity index (χ0v) is 16.8. The third kappa shape index (κ3) is 4.39. The van der Waals surface area contributed by atoms with Crippen molar-refractivity contribution in [2.45, 2.75) is 62.0 Å². The van der Waals surface area contributed by atoms with Gasteiger partial charge in [-0.15, -0.1) is 0 Å². The summed E-state index contributed by atoms with van der Waals surface area (Å²) in [5.74, 6) is -0.707. The molecule has 3 aliphatic rings. The molecular formula is C16H22INO10. The number of hydrogen-bond acceptors (Lipinski definition) is 10. The van der Waals surface area contributed by atoms with Crippen LogP contribution in [0.5, 0.6) is 0 Å². The van der Waals surface area contributed by atoms with Gasteiger partial charge in [0.05, 0.1) is 29.3 Å². The van der Waals surface area contributed by atoms with E-state index in [0.717, 1.165) is 0 Å². The second-order valence-electron chi connectivity index (χ2n) is 6.84. The molecular weight excluding hydrogens is 490 g/mol. The van der Waals surface area contributed by atoms with Gasteiger partial charge in [-0.2, -0.15) is 0 Å². The van der Waals surface area contributed by atoms with E-state index >= 15 is 0 Å². The van der Waals surface area contributed by atoms with E-state index in [1.807, 2.05) is 22.6 Å². The molecule has 0 bridgehead atoms. The standard InChI is InChI=1S/C16H22INO10/c17-6-3-18(11(22)1-7(6)20)12-2-8(21)10(27-12)5-26-16-15(25)14(24)13(23)9(4-19)28-16/h3,8-10,12-16,19,21,23-25H,1-2,4-5H2/t8-,9-,10-,12-,13-,14+,15-,16-/m1/s1/i17-3. The van der Waals surface area contributed by atoms with Crippen molar-refractivity contribution in [2.75, 3.05) is 13.2 Å². The van der Waals surface area contributed by atoms with E-state index in [2.05, 4.69) is 0 Å². The van der Waals surface area contributed by atoms with Gasteiger partial charge in [0.1, 0.15) is 36.7 Å². The van der Waals surface area contributed by atoms with Crippen LogP contribution >= 0.6 is 22.6 Å². The van der Waals surface area contributed by atoms with E-state index in [9.17, 15) is 35.1 Å². The summed E-state index contributed by atoms with van der Waals surface area (Å²) in [6.07, 6.45) is -8.49. The van der Waals surface area contributed by atoms with Crippen molar-refractivity contribution in [1.29, 1.82) is 0 Å². The van der Waals surface area contributed by atoms with Gasteiger partial charge in [0.25, 0.3) is 0 Å². The van der Waals surface area contributed by atoms with Crippen molar-refractivity contribution < 1.29 is 49.3 Å². The third-order valence-electron chi connectivity index (χ3n) is 4.91. The molecule has 11 nitrogen and oxygen atoms in total. The van der Waals surface area contributed by atoms with E-state index in [4.69, 9.17) is 14.2 Å². The molecule has 0 aromatic rings. The first-order chi connectivity index (χ1) is 13.2. The van der Waals surface area contributed by atoms with Crippen LogP contribution in [0.1, 0.15) is 12.8 Å². The predicted molar refractivity (Wildman–Crippen MR) is 97.6 cm³/mol. The maximum Gasteiger partial charge on any atom is 0.236 e. The Hall–Kier alpha value is -0.710. The van der Waals surface area contributed by atoms with Crippen LogP contribution in [0.25, 0.3) is 0 Å². The van der Waals surface area contributed by atoms with Gasteiger partial charge >= 0.3 is 0 Å². The van der Waals surface area contributed by atoms with Crippen LogP contribution in [0.4, 0.5) is 0 Å². The Morgan fingerprint density at radius 2 is 1.82 bits per heavy atom. The summed E-state index contributed by atoms with van der Waals surface area (Å²) in [4.78, 5) is 24.9. The number of ether oxygens (including phenoxy) is 3. The highest BCUT2D eigenvalue weighted by atomic mass is 124. The minimum atomic E-state index is -1.58. The van der Waals surface area contributed by atoms with Gasteiger partial charge in [0.15, 0.2) is 12.1 Å². The summed E-state index contributed by atoms with van der Waals surface area (Å²) in [7, 11) is 0. The molecule has 5 N–H and O–H groups in total. The van der Waals surface area contributed by atoms with Crippen molar-refractivity contribution >= 4 is 34.3 Å². The number of carbonyl (C=O) groups excluding carboxylic acids is 2. The first-order valence-corrected chi connectivity index (χ1v) is 9.78. The molecule has 0 aromatic carbocycles. The molecule has 12 heteroatoms. The van der Waals surface area contributed by atoms with Crippen LogP contribution in [0, 0.1) is 0 Å². The molecule has 3 aliphatic heterocycles. The highest BCUT2D eigenvalue weighted by molar-refractivity contribution is 14.1. The molecule has 3 heterocycles. The number of amides is 1. The largest absolute Gasteiger partial charge is 0.394 e. The molecule has 0 unspecified atom stereocenters. The molecule has 3 rings (SSSR count). The lowest BCUT2D eigenvalue weighted by Crippen LogP contribution is -2.59. The van der Waals surface area contributed by atoms with E-state index in [0.29, 0.717) is 3.58 Å². The van der Waals surface area contributed by atoms with Gasteiger partial charge < -0.3 is 39.7 Å². The number of hydrogen-bond donors (Lipinski definition) is 5. The van der Waals surface area contributed by atoms with Gasteiger partial charge in [-0.3, -0.25) is 14.5 Å². The fourth-order valence-corrected chi connectivity index (χ4v) is 3.74. The van der Waals surface area contributed by atoms with Crippen LogP contribution in [0.15, 0.2) is 9.78 Å². The number of rotatable bonds is 5. The summed E-state index contributed by atoms with van der Waals surface area (Å²) in [6.45, 7) is -0.821. The highest BCUT2D eigenvalue weighted by Gasteiger charge is 2.45. The molecule has 28 heavy (non-hydrogen) atoms. The minimum Gasteiger partial charge on any atom is -0.394 e. The van der Waals surface area contributed by atoms with Crippen LogP contribution in [0.3, 0.4) is 0 Å². The Bertz CT molecular complexity index is 643. The van der Waals surface area contributed by atoms with Gasteiger partial charge in [-0.25, -0.2) is 0 Å². The molecule has 2 fully saturated rings. The van der Waals surface area contributed by atoms with Crippen LogP contribution < -0.4 is 0 Å². The average Bonchev–Trinajstić information content (AvgIpc) is 3.02. The second kappa shape index (κ2) is 8.97. The maximum absolute atomic E-state index is 12.1. The number of nitrogens with zero attached hydrogens (tertiary/aromatic N) is 1. The quantitative estimate of drug-likeness (QED) is 0.194. The van der Waals surface area contributed by atoms with Crippen LogP contribution in [0.2, 0.25) is 0 Å². The third-order valence-corrected chi connectivity index (χ3v) is 5.79. The summed E-state index contributed by atoms with van der Waals surface area (Å²) < 4.78 is 16.7. The lowest BCUT2D eigenvalue weighted by molar-refractivity contribution is -0.306. The van der Waals surface area contributed by atoms with Crippen molar-refractivity contribution in [3.63, 3.8) is 0 Å². The molecule has 1 amide bonds. The van der Waals surface area contributed by atoms with Crippen LogP contribution in [-0.2, 0) is 23.8 Å². The van der Waals surface area contributed by atoms with E-state index < -0.39 is 61.7 Å². The number of halogens is 1. The van der Waals surface area contributed by atoms with Gasteiger partial charge in [0.2, 0.25) is 5.91 Å². The summed E-state index contributed by atoms with van der Waals surface area (Å²) in [5, 5.41) is 48.9. The van der Waals surface area contributed by atoms with Crippen molar-refractivity contribution in [3.8, 4) is 0 Å². The monoisotopic (exact) mass is 512 g/mol. The second-order valence-corrected chi connectivity index (χ2v) is 8.00. The molecule has 158 valence electrons. The Balaban J connectivity index is 1.58. The Kier molecular flexibility index (Phi) is 7.05. The number of Topliss-reactive ketones (excluding diaryl/α,β-unsaturated/α-hetero) is 1. The summed E-state index contributed by atoms with van der Waals surface area (Å²) >= 11 is 1.83. The number of carbonyl (C=O) groups is 2. The van der Waals surface area contributed by atoms with Gasteiger partial charge in [-0.1, -0.05) is 0 Å². The first kappa shape index (κ1) is 22.0. The van der Waals surface area contributed by atoms with Gasteiger partial charge in [0, 0.05) is 12.6 Å². The minimum absolute atomic E-state index is 0.100. The van der Waals surface area contributed by atoms with Crippen molar-refractivity contribution in [3.05, 3.63) is 9.78 Å². The van der Waals surface area contributed by atoms with E-state index in [1.54, 1.807) is 0 Å². The van der Waals surface area contributed by atoms with Crippen molar-refractivity contribution in [2.24, 2.45) is 0 Å². The van der Waals surface area contributed by atoms with Gasteiger partial charge in [-0.05, 0) is 22.6 Å². The van der Waals surface area contributed by atoms with Crippen molar-refractivity contribution in [1.82, 2.24) is 4.90 Å². The lowest BCUT2D eigenvalue weighted by atomic mass is 9.99. The zero-order valence-electron chi connectivity index (χ0n) is 14.6. The highest BCUT2D eigenvalue weighted by Crippen LogP contribution is 2.29. The molecule has 0 radical (unpaired) electrons. The fraction of sp³-hybridized carbons (Fsp3) is 0.750. The zero-order chi connectivity index (χ0) is 20.6. The smallest absolute Gasteiger partial charge is 0.236 e. The number of ketones is 1. The normalized spacial score (nSPS) is 42.1. The fourth-order valence-electron chi connectivity index (χ4n) is 3.25. The van der Waals surface area contributed by atoms with Crippen LogP contribution in [-0.4, -0.2) is 104 Å². The topological polar surface area (TPSA) is 166 Å².